The Kier molecular flexibility index (Phi) is 6.19. The van der Waals surface area contributed by atoms with Gasteiger partial charge in [0.05, 0.1) is 5.69 Å². The van der Waals surface area contributed by atoms with Crippen molar-refractivity contribution >= 4 is 53.0 Å². The summed E-state index contributed by atoms with van der Waals surface area (Å²) in [7, 11) is 0. The number of hydrogen-bond donors (Lipinski definition) is 3. The molecule has 0 radical (unpaired) electrons. The molecule has 1 saturated carbocycles. The van der Waals surface area contributed by atoms with Crippen molar-refractivity contribution in [1.82, 2.24) is 0 Å². The van der Waals surface area contributed by atoms with Gasteiger partial charge in [-0.05, 0) is 61.1 Å². The zero-order chi connectivity index (χ0) is 22.7. The molecule has 2 aromatic rings. The Bertz CT molecular complexity index is 1100. The van der Waals surface area contributed by atoms with Gasteiger partial charge >= 0.3 is 0 Å². The molecule has 5 N–H and O–H groups in total. The van der Waals surface area contributed by atoms with E-state index in [0.717, 1.165) is 48.9 Å². The molecule has 0 atom stereocenters. The molecule has 1 spiro atoms. The molecule has 1 amide bonds. The Balaban J connectivity index is 1.81. The Morgan fingerprint density at radius 1 is 1.09 bits per heavy atom. The summed E-state index contributed by atoms with van der Waals surface area (Å²) in [5.74, 6) is 0.368. The Morgan fingerprint density at radius 3 is 2.50 bits per heavy atom. The summed E-state index contributed by atoms with van der Waals surface area (Å²) >= 11 is 6.01. The van der Waals surface area contributed by atoms with Crippen molar-refractivity contribution in [2.75, 3.05) is 10.2 Å². The minimum absolute atomic E-state index is 0.143. The number of hydrogen-bond acceptors (Lipinski definition) is 6. The van der Waals surface area contributed by atoms with Crippen molar-refractivity contribution in [3.05, 3.63) is 58.6 Å². The second-order valence-electron chi connectivity index (χ2n) is 8.16. The van der Waals surface area contributed by atoms with Crippen LogP contribution in [0.2, 0.25) is 5.02 Å². The first-order chi connectivity index (χ1) is 15.4. The molecule has 0 aromatic heterocycles. The van der Waals surface area contributed by atoms with E-state index < -0.39 is 5.66 Å². The molecule has 1 fully saturated rings. The molecule has 4 rings (SSSR count). The second kappa shape index (κ2) is 9.04. The number of anilines is 2. The van der Waals surface area contributed by atoms with Gasteiger partial charge in [-0.1, -0.05) is 48.4 Å². The average Bonchev–Trinajstić information content (AvgIpc) is 2.74. The Morgan fingerprint density at radius 2 is 1.81 bits per heavy atom. The van der Waals surface area contributed by atoms with Crippen LogP contribution in [-0.2, 0) is 4.79 Å². The minimum atomic E-state index is -0.578. The molecule has 166 valence electrons. The van der Waals surface area contributed by atoms with E-state index in [4.69, 9.17) is 28.1 Å². The number of benzene rings is 2. The maximum Gasteiger partial charge on any atom is 0.221 e. The van der Waals surface area contributed by atoms with Crippen LogP contribution < -0.4 is 21.7 Å². The van der Waals surface area contributed by atoms with Gasteiger partial charge in [0.15, 0.2) is 0 Å². The Labute approximate surface area is 192 Å². The molecular weight excluding hydrogens is 424 g/mol. The summed E-state index contributed by atoms with van der Waals surface area (Å²) < 4.78 is 0. The number of rotatable bonds is 4. The van der Waals surface area contributed by atoms with Gasteiger partial charge in [0.25, 0.3) is 0 Å². The molecular formula is C24H27ClN6O. The first-order valence-electron chi connectivity index (χ1n) is 10.7. The smallest absolute Gasteiger partial charge is 0.221 e. The van der Waals surface area contributed by atoms with Crippen molar-refractivity contribution in [2.24, 2.45) is 21.5 Å². The monoisotopic (exact) mass is 450 g/mol. The van der Waals surface area contributed by atoms with Crippen molar-refractivity contribution in [3.8, 4) is 0 Å². The lowest BCUT2D eigenvalue weighted by atomic mass is 9.87. The van der Waals surface area contributed by atoms with E-state index in [9.17, 15) is 4.79 Å². The van der Waals surface area contributed by atoms with Crippen LogP contribution in [-0.4, -0.2) is 23.5 Å². The number of aliphatic imine (C=N–C) groups is 2. The third-order valence-corrected chi connectivity index (χ3v) is 6.02. The summed E-state index contributed by atoms with van der Waals surface area (Å²) in [5, 5.41) is 3.55. The van der Waals surface area contributed by atoms with E-state index in [2.05, 4.69) is 10.3 Å². The largest absolute Gasteiger partial charge is 0.369 e. The summed E-state index contributed by atoms with van der Waals surface area (Å²) in [5.41, 5.74) is 15.3. The number of halogens is 1. The molecule has 2 aliphatic rings. The summed E-state index contributed by atoms with van der Waals surface area (Å²) in [6.45, 7) is 1.48. The highest BCUT2D eigenvalue weighted by Gasteiger charge is 2.43. The number of carbonyl (C=O) groups excluding carboxylic acids is 1. The van der Waals surface area contributed by atoms with E-state index in [-0.39, 0.29) is 11.9 Å². The molecule has 0 saturated heterocycles. The quantitative estimate of drug-likeness (QED) is 0.592. The predicted octanol–water partition coefficient (Wildman–Crippen LogP) is 4.58. The van der Waals surface area contributed by atoms with E-state index in [0.29, 0.717) is 16.7 Å². The second-order valence-corrected chi connectivity index (χ2v) is 8.59. The van der Waals surface area contributed by atoms with Crippen molar-refractivity contribution in [1.29, 1.82) is 0 Å². The van der Waals surface area contributed by atoms with Gasteiger partial charge in [-0.25, -0.2) is 4.99 Å². The van der Waals surface area contributed by atoms with Crippen molar-refractivity contribution in [2.45, 2.75) is 44.7 Å². The lowest BCUT2D eigenvalue weighted by Crippen LogP contribution is -2.58. The fourth-order valence-electron chi connectivity index (χ4n) is 4.39. The van der Waals surface area contributed by atoms with Crippen molar-refractivity contribution in [3.63, 3.8) is 0 Å². The van der Waals surface area contributed by atoms with Crippen LogP contribution in [0.3, 0.4) is 0 Å². The zero-order valence-electron chi connectivity index (χ0n) is 18.0. The molecule has 7 nitrogen and oxygen atoms in total. The number of nitrogens with one attached hydrogen (secondary N) is 1. The van der Waals surface area contributed by atoms with E-state index in [1.165, 1.54) is 6.92 Å². The molecule has 8 heteroatoms. The fraction of sp³-hybridized carbons (Fsp3) is 0.292. The standard InChI is InChI=1S/C24H27ClN6O/c1-16(32)28-20-12-9-18(8-5-17-6-10-19(25)11-7-17)21(15-20)31-23(27)29-22(26)30-24(31)13-3-2-4-14-24/h5-12,15H,2-4,13-14H2,1H3,(H,28,32)(H4,26,27,29,30). The SMILES string of the molecule is CC(=O)Nc1ccc(C=Cc2ccc(Cl)cc2)c(N2C(N)=NC(N)=NC23CCCCC3)c1. The van der Waals surface area contributed by atoms with Gasteiger partial charge < -0.3 is 16.8 Å². The number of carbonyl (C=O) groups is 1. The van der Waals surface area contributed by atoms with Crippen molar-refractivity contribution < 1.29 is 4.79 Å². The Hall–Kier alpha value is -3.32. The maximum atomic E-state index is 11.7. The fourth-order valence-corrected chi connectivity index (χ4v) is 4.52. The first kappa shape index (κ1) is 21.9. The van der Waals surface area contributed by atoms with Crippen LogP contribution >= 0.6 is 11.6 Å². The molecule has 2 aromatic carbocycles. The summed E-state index contributed by atoms with van der Waals surface area (Å²) in [6.07, 6.45) is 8.89. The van der Waals surface area contributed by atoms with Gasteiger partial charge in [-0.15, -0.1) is 0 Å². The lowest BCUT2D eigenvalue weighted by molar-refractivity contribution is -0.114. The van der Waals surface area contributed by atoms with Crippen LogP contribution in [0.25, 0.3) is 12.2 Å². The highest BCUT2D eigenvalue weighted by Crippen LogP contribution is 2.41. The normalized spacial score (nSPS) is 17.9. The third-order valence-electron chi connectivity index (χ3n) is 5.77. The third kappa shape index (κ3) is 4.62. The topological polar surface area (TPSA) is 109 Å². The molecule has 1 aliphatic heterocycles. The molecule has 1 heterocycles. The average molecular weight is 451 g/mol. The van der Waals surface area contributed by atoms with Gasteiger partial charge in [0.1, 0.15) is 5.66 Å². The van der Waals surface area contributed by atoms with E-state index in [1.54, 1.807) is 0 Å². The highest BCUT2D eigenvalue weighted by molar-refractivity contribution is 6.30. The van der Waals surface area contributed by atoms with Crippen LogP contribution in [0.4, 0.5) is 11.4 Å². The summed E-state index contributed by atoms with van der Waals surface area (Å²) in [4.78, 5) is 22.7. The highest BCUT2D eigenvalue weighted by atomic mass is 35.5. The number of nitrogens with two attached hydrogens (primary N) is 2. The molecule has 0 unspecified atom stereocenters. The van der Waals surface area contributed by atoms with Crippen LogP contribution in [0.1, 0.15) is 50.2 Å². The van der Waals surface area contributed by atoms with Crippen LogP contribution in [0.5, 0.6) is 0 Å². The maximum absolute atomic E-state index is 11.7. The van der Waals surface area contributed by atoms with E-state index >= 15 is 0 Å². The van der Waals surface area contributed by atoms with Gasteiger partial charge in [-0.2, -0.15) is 4.99 Å². The number of nitrogens with zero attached hydrogens (tertiary/aromatic N) is 3. The molecule has 32 heavy (non-hydrogen) atoms. The molecule has 0 bridgehead atoms. The number of guanidine groups is 2. The summed E-state index contributed by atoms with van der Waals surface area (Å²) in [6, 6.07) is 13.4. The van der Waals surface area contributed by atoms with Crippen LogP contribution in [0.15, 0.2) is 52.4 Å². The van der Waals surface area contributed by atoms with Crippen LogP contribution in [0, 0.1) is 0 Å². The first-order valence-corrected chi connectivity index (χ1v) is 11.1. The van der Waals surface area contributed by atoms with Gasteiger partial charge in [0, 0.05) is 17.6 Å². The lowest BCUT2D eigenvalue weighted by Gasteiger charge is -2.46. The number of amides is 1. The van der Waals surface area contributed by atoms with Gasteiger partial charge in [-0.3, -0.25) is 9.69 Å². The predicted molar refractivity (Wildman–Crippen MR) is 133 cm³/mol. The zero-order valence-corrected chi connectivity index (χ0v) is 18.8. The molecule has 1 aliphatic carbocycles. The van der Waals surface area contributed by atoms with E-state index in [1.807, 2.05) is 59.5 Å². The minimum Gasteiger partial charge on any atom is -0.369 e. The van der Waals surface area contributed by atoms with Gasteiger partial charge in [0.2, 0.25) is 17.8 Å².